The zero-order chi connectivity index (χ0) is 22.1. The Hall–Kier alpha value is -3.72. The van der Waals surface area contributed by atoms with Crippen LogP contribution in [0.15, 0.2) is 75.4 Å². The summed E-state index contributed by atoms with van der Waals surface area (Å²) in [4.78, 5) is 58.2. The van der Waals surface area contributed by atoms with E-state index in [2.05, 4.69) is 9.97 Å². The van der Waals surface area contributed by atoms with Crippen molar-refractivity contribution in [1.82, 2.24) is 19.1 Å². The molecule has 2 heterocycles. The quantitative estimate of drug-likeness (QED) is 0.283. The number of aromatic nitrogens is 4. The number of thioether (sulfide) groups is 1. The van der Waals surface area contributed by atoms with Crippen molar-refractivity contribution in [2.24, 2.45) is 14.1 Å². The topological polar surface area (TPSA) is 107 Å². The normalized spacial score (nSPS) is 11.2. The molecule has 4 aromatic rings. The SMILES string of the molecule is Cn1c(=O)c2[nH]c(SC(C(=O)c3ccccc3)C(=O)c3ccccc3)nc2n(C)c1=O. The van der Waals surface area contributed by atoms with Gasteiger partial charge in [0.25, 0.3) is 5.56 Å². The summed E-state index contributed by atoms with van der Waals surface area (Å²) < 4.78 is 2.21. The highest BCUT2D eigenvalue weighted by Gasteiger charge is 2.31. The number of fused-ring (bicyclic) bond motifs is 1. The smallest absolute Gasteiger partial charge is 0.327 e. The van der Waals surface area contributed by atoms with Gasteiger partial charge in [0.1, 0.15) is 5.25 Å². The summed E-state index contributed by atoms with van der Waals surface area (Å²) in [7, 11) is 2.87. The highest BCUT2D eigenvalue weighted by Crippen LogP contribution is 2.27. The molecular weight excluding hydrogens is 416 g/mol. The number of imidazole rings is 1. The number of Topliss-reactive ketones (excluding diaryl/α,β-unsaturated/α-hetero) is 2. The van der Waals surface area contributed by atoms with E-state index in [-0.39, 0.29) is 27.9 Å². The van der Waals surface area contributed by atoms with Crippen molar-refractivity contribution >= 4 is 34.5 Å². The molecule has 0 atom stereocenters. The molecule has 0 aliphatic heterocycles. The second-order valence-electron chi connectivity index (χ2n) is 6.90. The van der Waals surface area contributed by atoms with Crippen molar-refractivity contribution in [3.05, 3.63) is 92.6 Å². The predicted octanol–water partition coefficient (Wildman–Crippen LogP) is 2.19. The van der Waals surface area contributed by atoms with Crippen LogP contribution < -0.4 is 11.2 Å². The van der Waals surface area contributed by atoms with Crippen LogP contribution in [0.5, 0.6) is 0 Å². The van der Waals surface area contributed by atoms with Crippen molar-refractivity contribution in [1.29, 1.82) is 0 Å². The molecule has 0 saturated heterocycles. The van der Waals surface area contributed by atoms with Crippen LogP contribution in [0.1, 0.15) is 20.7 Å². The van der Waals surface area contributed by atoms with Gasteiger partial charge in [0.05, 0.1) is 0 Å². The number of carbonyl (C=O) groups is 2. The van der Waals surface area contributed by atoms with Crippen molar-refractivity contribution in [2.45, 2.75) is 10.4 Å². The Kier molecular flexibility index (Phi) is 5.43. The molecule has 0 radical (unpaired) electrons. The summed E-state index contributed by atoms with van der Waals surface area (Å²) in [6.45, 7) is 0. The fourth-order valence-electron chi connectivity index (χ4n) is 3.21. The lowest BCUT2D eigenvalue weighted by Gasteiger charge is -2.13. The van der Waals surface area contributed by atoms with Crippen molar-refractivity contribution in [3.8, 4) is 0 Å². The lowest BCUT2D eigenvalue weighted by atomic mass is 10.0. The molecule has 0 bridgehead atoms. The van der Waals surface area contributed by atoms with E-state index >= 15 is 0 Å². The van der Waals surface area contributed by atoms with Crippen LogP contribution in [0.25, 0.3) is 11.2 Å². The monoisotopic (exact) mass is 434 g/mol. The van der Waals surface area contributed by atoms with E-state index in [1.54, 1.807) is 60.7 Å². The molecule has 2 aromatic carbocycles. The molecule has 0 spiro atoms. The van der Waals surface area contributed by atoms with Crippen LogP contribution in [-0.2, 0) is 14.1 Å². The first-order valence-corrected chi connectivity index (χ1v) is 10.3. The van der Waals surface area contributed by atoms with Gasteiger partial charge in [-0.3, -0.25) is 23.5 Å². The number of aromatic amines is 1. The molecule has 0 aliphatic rings. The molecule has 31 heavy (non-hydrogen) atoms. The van der Waals surface area contributed by atoms with Gasteiger partial charge >= 0.3 is 5.69 Å². The summed E-state index contributed by atoms with van der Waals surface area (Å²) in [5, 5.41) is -0.918. The number of hydrogen-bond donors (Lipinski definition) is 1. The molecule has 4 rings (SSSR count). The first-order chi connectivity index (χ1) is 14.9. The van der Waals surface area contributed by atoms with E-state index in [9.17, 15) is 19.2 Å². The van der Waals surface area contributed by atoms with Gasteiger partial charge in [0.2, 0.25) is 0 Å². The Labute approximate surface area is 180 Å². The third-order valence-corrected chi connectivity index (χ3v) is 5.98. The minimum atomic E-state index is -1.12. The van der Waals surface area contributed by atoms with Crippen molar-refractivity contribution < 1.29 is 9.59 Å². The number of hydrogen-bond acceptors (Lipinski definition) is 6. The molecule has 1 N–H and O–H groups in total. The lowest BCUT2D eigenvalue weighted by Crippen LogP contribution is -2.36. The summed E-state index contributed by atoms with van der Waals surface area (Å²) in [6.07, 6.45) is 0. The highest BCUT2D eigenvalue weighted by molar-refractivity contribution is 8.01. The molecular formula is C22H18N4O4S. The van der Waals surface area contributed by atoms with Gasteiger partial charge in [-0.15, -0.1) is 0 Å². The van der Waals surface area contributed by atoms with E-state index in [1.807, 2.05) is 0 Å². The van der Waals surface area contributed by atoms with Gasteiger partial charge in [-0.1, -0.05) is 72.4 Å². The predicted molar refractivity (Wildman–Crippen MR) is 118 cm³/mol. The summed E-state index contributed by atoms with van der Waals surface area (Å²) >= 11 is 0.920. The van der Waals surface area contributed by atoms with E-state index in [4.69, 9.17) is 0 Å². The zero-order valence-corrected chi connectivity index (χ0v) is 17.6. The number of nitrogens with zero attached hydrogens (tertiary/aromatic N) is 3. The van der Waals surface area contributed by atoms with Crippen LogP contribution >= 0.6 is 11.8 Å². The van der Waals surface area contributed by atoms with Gasteiger partial charge in [-0.25, -0.2) is 9.78 Å². The van der Waals surface area contributed by atoms with Gasteiger partial charge < -0.3 is 4.98 Å². The average Bonchev–Trinajstić information content (AvgIpc) is 3.24. The van der Waals surface area contributed by atoms with Gasteiger partial charge in [-0.05, 0) is 0 Å². The molecule has 2 aromatic heterocycles. The van der Waals surface area contributed by atoms with Crippen LogP contribution in [0, 0.1) is 0 Å². The van der Waals surface area contributed by atoms with Crippen LogP contribution in [0.2, 0.25) is 0 Å². The van der Waals surface area contributed by atoms with Crippen molar-refractivity contribution in [2.75, 3.05) is 0 Å². The summed E-state index contributed by atoms with van der Waals surface area (Å²) in [6, 6.07) is 17.1. The zero-order valence-electron chi connectivity index (χ0n) is 16.7. The van der Waals surface area contributed by atoms with E-state index < -0.39 is 16.5 Å². The molecule has 9 heteroatoms. The van der Waals surface area contributed by atoms with E-state index in [1.165, 1.54) is 18.7 Å². The highest BCUT2D eigenvalue weighted by atomic mass is 32.2. The number of ketones is 2. The molecule has 0 saturated carbocycles. The second kappa shape index (κ2) is 8.19. The fourth-order valence-corrected chi connectivity index (χ4v) is 4.22. The van der Waals surface area contributed by atoms with Crippen LogP contribution in [-0.4, -0.2) is 35.9 Å². The average molecular weight is 434 g/mol. The Morgan fingerprint density at radius 1 is 0.871 bits per heavy atom. The van der Waals surface area contributed by atoms with Crippen LogP contribution in [0.3, 0.4) is 0 Å². The van der Waals surface area contributed by atoms with Crippen molar-refractivity contribution in [3.63, 3.8) is 0 Å². The maximum Gasteiger partial charge on any atom is 0.332 e. The molecule has 0 amide bonds. The maximum absolute atomic E-state index is 13.2. The molecule has 0 fully saturated rings. The number of rotatable bonds is 6. The van der Waals surface area contributed by atoms with E-state index in [0.717, 1.165) is 16.3 Å². The number of carbonyl (C=O) groups excluding carboxylic acids is 2. The third-order valence-electron chi connectivity index (χ3n) is 4.90. The first kappa shape index (κ1) is 20.5. The third kappa shape index (κ3) is 3.75. The summed E-state index contributed by atoms with van der Waals surface area (Å²) in [5.41, 5.74) is 0.0295. The standard InChI is InChI=1S/C22H18N4O4S/c1-25-19-15(20(29)26(2)22(25)30)23-21(24-19)31-18(16(27)13-9-5-3-6-10-13)17(28)14-11-7-4-8-12-14/h3-12,18H,1-2H3,(H,23,24). The molecule has 156 valence electrons. The van der Waals surface area contributed by atoms with Crippen LogP contribution in [0.4, 0.5) is 0 Å². The fraction of sp³-hybridized carbons (Fsp3) is 0.136. The molecule has 0 aliphatic carbocycles. The maximum atomic E-state index is 13.2. The minimum Gasteiger partial charge on any atom is -0.327 e. The Morgan fingerprint density at radius 3 is 1.90 bits per heavy atom. The Bertz CT molecular complexity index is 1350. The number of nitrogens with one attached hydrogen (secondary N) is 1. The second-order valence-corrected chi connectivity index (χ2v) is 8.00. The van der Waals surface area contributed by atoms with Gasteiger partial charge in [0, 0.05) is 25.2 Å². The summed E-state index contributed by atoms with van der Waals surface area (Å²) in [5.74, 6) is -0.747. The van der Waals surface area contributed by atoms with Gasteiger partial charge in [-0.2, -0.15) is 0 Å². The first-order valence-electron chi connectivity index (χ1n) is 9.39. The minimum absolute atomic E-state index is 0.130. The number of H-pyrrole nitrogens is 1. The van der Waals surface area contributed by atoms with E-state index in [0.29, 0.717) is 11.1 Å². The largest absolute Gasteiger partial charge is 0.332 e. The lowest BCUT2D eigenvalue weighted by molar-refractivity contribution is 0.0903. The van der Waals surface area contributed by atoms with Gasteiger partial charge in [0.15, 0.2) is 27.9 Å². The molecule has 8 nitrogen and oxygen atoms in total. The molecule has 0 unspecified atom stereocenters. The Morgan fingerprint density at radius 2 is 1.39 bits per heavy atom. The number of benzene rings is 2. The number of aryl methyl sites for hydroxylation is 1. The Balaban J connectivity index is 1.79.